The van der Waals surface area contributed by atoms with Gasteiger partial charge in [-0.25, -0.2) is 4.79 Å². The molecule has 1 heterocycles. The molecule has 0 aliphatic heterocycles. The van der Waals surface area contributed by atoms with Crippen LogP contribution in [0.15, 0.2) is 34.8 Å². The van der Waals surface area contributed by atoms with Crippen LogP contribution in [0.4, 0.5) is 5.00 Å². The average molecular weight is 361 g/mol. The zero-order valence-corrected chi connectivity index (χ0v) is 12.5. The number of carbonyl (C=O) groups excluding carboxylic acids is 1. The van der Waals surface area contributed by atoms with Crippen LogP contribution in [0.3, 0.4) is 0 Å². The van der Waals surface area contributed by atoms with E-state index < -0.39 is 5.97 Å². The van der Waals surface area contributed by atoms with E-state index in [1.54, 1.807) is 18.2 Å². The van der Waals surface area contributed by atoms with Crippen molar-refractivity contribution in [1.82, 2.24) is 0 Å². The highest BCUT2D eigenvalue weighted by Gasteiger charge is 2.13. The van der Waals surface area contributed by atoms with Gasteiger partial charge in [0.2, 0.25) is 0 Å². The summed E-state index contributed by atoms with van der Waals surface area (Å²) < 4.78 is 0.615. The Kier molecular flexibility index (Phi) is 4.24. The number of hydrogen-bond acceptors (Lipinski definition) is 3. The monoisotopic (exact) mass is 359 g/mol. The minimum atomic E-state index is -1.02. The Bertz CT molecular complexity index is 656. The third-order valence-corrected chi connectivity index (χ3v) is 4.14. The Hall–Kier alpha value is -1.37. The van der Waals surface area contributed by atoms with Crippen LogP contribution < -0.4 is 5.32 Å². The lowest BCUT2D eigenvalue weighted by Crippen LogP contribution is -2.11. The van der Waals surface area contributed by atoms with Crippen molar-refractivity contribution in [3.63, 3.8) is 0 Å². The Labute approximate surface area is 126 Å². The van der Waals surface area contributed by atoms with Crippen LogP contribution in [-0.4, -0.2) is 17.0 Å². The molecule has 2 aromatic rings. The van der Waals surface area contributed by atoms with Crippen molar-refractivity contribution >= 4 is 55.7 Å². The fourth-order valence-corrected chi connectivity index (χ4v) is 2.71. The van der Waals surface area contributed by atoms with E-state index in [1.807, 2.05) is 0 Å². The van der Waals surface area contributed by atoms with E-state index in [-0.39, 0.29) is 10.8 Å². The molecule has 0 bridgehead atoms. The first kappa shape index (κ1) is 14.0. The number of halogens is 2. The molecule has 1 aromatic carbocycles. The SMILES string of the molecule is O=C(O)c1ccc(NC(=O)c2cc(Cl)ccc2Br)s1. The van der Waals surface area contributed by atoms with Crippen LogP contribution in [0.5, 0.6) is 0 Å². The molecule has 7 heteroatoms. The van der Waals surface area contributed by atoms with Crippen molar-refractivity contribution in [3.05, 3.63) is 50.3 Å². The van der Waals surface area contributed by atoms with E-state index in [0.717, 1.165) is 11.3 Å². The quantitative estimate of drug-likeness (QED) is 0.865. The largest absolute Gasteiger partial charge is 0.477 e. The van der Waals surface area contributed by atoms with Gasteiger partial charge in [-0.15, -0.1) is 11.3 Å². The maximum atomic E-state index is 12.0. The molecule has 2 rings (SSSR count). The lowest BCUT2D eigenvalue weighted by molar-refractivity contribution is 0.0702. The number of benzene rings is 1. The van der Waals surface area contributed by atoms with Gasteiger partial charge in [-0.05, 0) is 46.3 Å². The number of amides is 1. The van der Waals surface area contributed by atoms with Crippen molar-refractivity contribution in [1.29, 1.82) is 0 Å². The van der Waals surface area contributed by atoms with Gasteiger partial charge in [0.15, 0.2) is 0 Å². The summed E-state index contributed by atoms with van der Waals surface area (Å²) in [6, 6.07) is 7.86. The summed E-state index contributed by atoms with van der Waals surface area (Å²) in [5, 5.41) is 12.3. The predicted molar refractivity (Wildman–Crippen MR) is 78.4 cm³/mol. The molecular formula is C12H7BrClNO3S. The van der Waals surface area contributed by atoms with Gasteiger partial charge < -0.3 is 10.4 Å². The molecule has 0 unspecified atom stereocenters. The molecule has 0 aliphatic rings. The third-order valence-electron chi connectivity index (χ3n) is 2.23. The highest BCUT2D eigenvalue weighted by molar-refractivity contribution is 9.10. The number of aromatic carboxylic acids is 1. The topological polar surface area (TPSA) is 66.4 Å². The lowest BCUT2D eigenvalue weighted by atomic mass is 10.2. The summed E-state index contributed by atoms with van der Waals surface area (Å²) in [5.41, 5.74) is 0.387. The first-order valence-electron chi connectivity index (χ1n) is 5.07. The van der Waals surface area contributed by atoms with E-state index >= 15 is 0 Å². The molecule has 0 saturated heterocycles. The minimum absolute atomic E-state index is 0.167. The fourth-order valence-electron chi connectivity index (χ4n) is 1.37. The Balaban J connectivity index is 2.20. The molecule has 0 radical (unpaired) electrons. The number of rotatable bonds is 3. The summed E-state index contributed by atoms with van der Waals surface area (Å²) >= 11 is 10.1. The normalized spacial score (nSPS) is 10.2. The van der Waals surface area contributed by atoms with Crippen molar-refractivity contribution in [2.75, 3.05) is 5.32 Å². The summed E-state index contributed by atoms with van der Waals surface area (Å²) in [6.45, 7) is 0. The fraction of sp³-hybridized carbons (Fsp3) is 0. The summed E-state index contributed by atoms with van der Waals surface area (Å²) in [5.74, 6) is -1.37. The molecule has 0 fully saturated rings. The Morgan fingerprint density at radius 1 is 1.26 bits per heavy atom. The second-order valence-corrected chi connectivity index (χ2v) is 5.92. The second-order valence-electron chi connectivity index (χ2n) is 3.55. The maximum absolute atomic E-state index is 12.0. The van der Waals surface area contributed by atoms with Gasteiger partial charge >= 0.3 is 5.97 Å². The molecule has 98 valence electrons. The summed E-state index contributed by atoms with van der Waals surface area (Å²) in [4.78, 5) is 22.9. The van der Waals surface area contributed by atoms with Crippen LogP contribution in [0.25, 0.3) is 0 Å². The van der Waals surface area contributed by atoms with Gasteiger partial charge in [-0.3, -0.25) is 4.79 Å². The van der Waals surface area contributed by atoms with Gasteiger partial charge in [0.1, 0.15) is 4.88 Å². The van der Waals surface area contributed by atoms with Gasteiger partial charge in [0.05, 0.1) is 10.6 Å². The van der Waals surface area contributed by atoms with E-state index in [1.165, 1.54) is 12.1 Å². The summed E-state index contributed by atoms with van der Waals surface area (Å²) in [7, 11) is 0. The number of nitrogens with one attached hydrogen (secondary N) is 1. The number of thiophene rings is 1. The van der Waals surface area contributed by atoms with Crippen LogP contribution >= 0.6 is 38.9 Å². The number of carbonyl (C=O) groups is 2. The number of hydrogen-bond donors (Lipinski definition) is 2. The number of anilines is 1. The summed E-state index contributed by atoms with van der Waals surface area (Å²) in [6.07, 6.45) is 0. The molecular weight excluding hydrogens is 354 g/mol. The van der Waals surface area contributed by atoms with Crippen molar-refractivity contribution in [2.45, 2.75) is 0 Å². The third kappa shape index (κ3) is 3.34. The number of carboxylic acid groups (broad SMARTS) is 1. The minimum Gasteiger partial charge on any atom is -0.477 e. The van der Waals surface area contributed by atoms with Crippen LogP contribution in [-0.2, 0) is 0 Å². The zero-order valence-electron chi connectivity index (χ0n) is 9.31. The van der Waals surface area contributed by atoms with Crippen molar-refractivity contribution in [3.8, 4) is 0 Å². The highest BCUT2D eigenvalue weighted by atomic mass is 79.9. The van der Waals surface area contributed by atoms with Crippen molar-refractivity contribution in [2.24, 2.45) is 0 Å². The molecule has 0 saturated carbocycles. The first-order valence-corrected chi connectivity index (χ1v) is 7.05. The highest BCUT2D eigenvalue weighted by Crippen LogP contribution is 2.25. The van der Waals surface area contributed by atoms with E-state index in [0.29, 0.717) is 20.1 Å². The molecule has 2 N–H and O–H groups in total. The van der Waals surface area contributed by atoms with Crippen molar-refractivity contribution < 1.29 is 14.7 Å². The number of carboxylic acids is 1. The second kappa shape index (κ2) is 5.73. The van der Waals surface area contributed by atoms with Gasteiger partial charge in [-0.2, -0.15) is 0 Å². The van der Waals surface area contributed by atoms with Gasteiger partial charge in [0, 0.05) is 9.50 Å². The van der Waals surface area contributed by atoms with Gasteiger partial charge in [0.25, 0.3) is 5.91 Å². The Morgan fingerprint density at radius 2 is 2.00 bits per heavy atom. The molecule has 0 atom stereocenters. The van der Waals surface area contributed by atoms with E-state index in [2.05, 4.69) is 21.2 Å². The molecule has 1 aromatic heterocycles. The molecule has 0 aliphatic carbocycles. The molecule has 1 amide bonds. The standard InChI is InChI=1S/C12H7BrClNO3S/c13-8-2-1-6(14)5-7(8)11(16)15-10-4-3-9(19-10)12(17)18/h1-5H,(H,15,16)(H,17,18). The van der Waals surface area contributed by atoms with Gasteiger partial charge in [-0.1, -0.05) is 11.6 Å². The van der Waals surface area contributed by atoms with Crippen LogP contribution in [0.2, 0.25) is 5.02 Å². The maximum Gasteiger partial charge on any atom is 0.345 e. The Morgan fingerprint density at radius 3 is 2.63 bits per heavy atom. The molecule has 0 spiro atoms. The molecule has 19 heavy (non-hydrogen) atoms. The van der Waals surface area contributed by atoms with E-state index in [4.69, 9.17) is 16.7 Å². The average Bonchev–Trinajstić information content (AvgIpc) is 2.80. The first-order chi connectivity index (χ1) is 8.97. The zero-order chi connectivity index (χ0) is 14.0. The lowest BCUT2D eigenvalue weighted by Gasteiger charge is -2.05. The van der Waals surface area contributed by atoms with Crippen LogP contribution in [0, 0.1) is 0 Å². The van der Waals surface area contributed by atoms with Crippen LogP contribution in [0.1, 0.15) is 20.0 Å². The van der Waals surface area contributed by atoms with E-state index in [9.17, 15) is 9.59 Å². The smallest absolute Gasteiger partial charge is 0.345 e. The molecule has 4 nitrogen and oxygen atoms in total. The predicted octanol–water partition coefficient (Wildman–Crippen LogP) is 4.11.